The van der Waals surface area contributed by atoms with Crippen LogP contribution in [-0.4, -0.2) is 60.2 Å². The molecule has 1 saturated heterocycles. The number of hydrogen-bond acceptors (Lipinski definition) is 7. The molecule has 0 spiro atoms. The van der Waals surface area contributed by atoms with Gasteiger partial charge in [-0.25, -0.2) is 13.4 Å². The molecule has 8 heteroatoms. The molecule has 2 heterocycles. The Balaban J connectivity index is 1.69. The summed E-state index contributed by atoms with van der Waals surface area (Å²) < 4.78 is 29.0. The fourth-order valence-electron chi connectivity index (χ4n) is 3.51. The lowest BCUT2D eigenvalue weighted by Gasteiger charge is -2.34. The van der Waals surface area contributed by atoms with Crippen molar-refractivity contribution in [3.05, 3.63) is 35.3 Å². The van der Waals surface area contributed by atoms with E-state index < -0.39 is 15.9 Å². The van der Waals surface area contributed by atoms with Gasteiger partial charge >= 0.3 is 0 Å². The van der Waals surface area contributed by atoms with Crippen LogP contribution in [0.3, 0.4) is 0 Å². The third kappa shape index (κ3) is 5.76. The van der Waals surface area contributed by atoms with Crippen LogP contribution < -0.4 is 4.74 Å². The first-order chi connectivity index (χ1) is 13.4. The maximum absolute atomic E-state index is 11.7. The summed E-state index contributed by atoms with van der Waals surface area (Å²) in [4.78, 5) is 6.94. The molecule has 0 amide bonds. The Labute approximate surface area is 171 Å². The Hall–Kier alpha value is -1.48. The number of aromatic nitrogens is 1. The number of sulfone groups is 1. The summed E-state index contributed by atoms with van der Waals surface area (Å²) in [5, 5.41) is 12.9. The Morgan fingerprint density at radius 1 is 1.29 bits per heavy atom. The van der Waals surface area contributed by atoms with Gasteiger partial charge in [0.2, 0.25) is 0 Å². The van der Waals surface area contributed by atoms with Crippen LogP contribution in [0.1, 0.15) is 32.4 Å². The molecule has 0 bridgehead atoms. The second-order valence-electron chi connectivity index (χ2n) is 7.26. The minimum Gasteiger partial charge on any atom is -0.494 e. The number of aliphatic hydroxyl groups is 1. The molecule has 6 nitrogen and oxygen atoms in total. The SMILES string of the molecule is CCOc1ccc(-c2nc(CN(CC(C)O)C3CCS(=O)(=O)CC3)cs2)cc1. The monoisotopic (exact) mass is 424 g/mol. The third-order valence-electron chi connectivity index (χ3n) is 4.87. The van der Waals surface area contributed by atoms with E-state index in [1.54, 1.807) is 18.3 Å². The highest BCUT2D eigenvalue weighted by Crippen LogP contribution is 2.27. The predicted octanol–water partition coefficient (Wildman–Crippen LogP) is 2.97. The number of aliphatic hydroxyl groups excluding tert-OH is 1. The van der Waals surface area contributed by atoms with Crippen molar-refractivity contribution in [2.75, 3.05) is 24.7 Å². The van der Waals surface area contributed by atoms with E-state index in [0.717, 1.165) is 22.0 Å². The number of benzene rings is 1. The second kappa shape index (κ2) is 9.35. The van der Waals surface area contributed by atoms with Gasteiger partial charge in [0.15, 0.2) is 0 Å². The fourth-order valence-corrected chi connectivity index (χ4v) is 5.79. The molecule has 1 aliphatic rings. The van der Waals surface area contributed by atoms with Crippen LogP contribution in [0.25, 0.3) is 10.6 Å². The molecule has 0 radical (unpaired) electrons. The Bertz CT molecular complexity index is 849. The molecule has 1 aromatic carbocycles. The molecule has 1 unspecified atom stereocenters. The highest BCUT2D eigenvalue weighted by molar-refractivity contribution is 7.91. The maximum Gasteiger partial charge on any atom is 0.150 e. The minimum atomic E-state index is -2.90. The second-order valence-corrected chi connectivity index (χ2v) is 10.4. The van der Waals surface area contributed by atoms with E-state index in [1.165, 1.54) is 0 Å². The van der Waals surface area contributed by atoms with E-state index in [0.29, 0.717) is 32.5 Å². The van der Waals surface area contributed by atoms with Gasteiger partial charge < -0.3 is 9.84 Å². The number of rotatable bonds is 8. The summed E-state index contributed by atoms with van der Waals surface area (Å²) in [6.45, 7) is 5.49. The first-order valence-electron chi connectivity index (χ1n) is 9.66. The fraction of sp³-hybridized carbons (Fsp3) is 0.550. The molecule has 1 aliphatic heterocycles. The number of hydrogen-bond donors (Lipinski definition) is 1. The van der Waals surface area contributed by atoms with Crippen molar-refractivity contribution in [3.63, 3.8) is 0 Å². The van der Waals surface area contributed by atoms with Crippen LogP contribution in [0.15, 0.2) is 29.6 Å². The van der Waals surface area contributed by atoms with E-state index in [-0.39, 0.29) is 17.5 Å². The number of thiazole rings is 1. The lowest BCUT2D eigenvalue weighted by atomic mass is 10.1. The standard InChI is InChI=1S/C20H28N2O4S2/c1-3-26-19-6-4-16(5-7-19)20-21-17(14-27-20)13-22(12-15(2)23)18-8-10-28(24,25)11-9-18/h4-7,14-15,18,23H,3,8-13H2,1-2H3. The average Bonchev–Trinajstić information content (AvgIpc) is 3.10. The van der Waals surface area contributed by atoms with Crippen molar-refractivity contribution in [1.82, 2.24) is 9.88 Å². The van der Waals surface area contributed by atoms with Crippen LogP contribution in [0.2, 0.25) is 0 Å². The largest absolute Gasteiger partial charge is 0.494 e. The molecule has 0 aliphatic carbocycles. The first kappa shape index (κ1) is 21.2. The zero-order valence-electron chi connectivity index (χ0n) is 16.4. The Kier molecular flexibility index (Phi) is 7.09. The molecule has 1 aromatic heterocycles. The molecular weight excluding hydrogens is 396 g/mol. The highest BCUT2D eigenvalue weighted by atomic mass is 32.2. The van der Waals surface area contributed by atoms with Gasteiger partial charge in [0.1, 0.15) is 20.6 Å². The summed E-state index contributed by atoms with van der Waals surface area (Å²) in [6, 6.07) is 8.07. The topological polar surface area (TPSA) is 79.7 Å². The minimum absolute atomic E-state index is 0.161. The summed E-state index contributed by atoms with van der Waals surface area (Å²) in [5.41, 5.74) is 1.99. The summed E-state index contributed by atoms with van der Waals surface area (Å²) >= 11 is 1.59. The Morgan fingerprint density at radius 2 is 1.96 bits per heavy atom. The quantitative estimate of drug-likeness (QED) is 0.702. The summed E-state index contributed by atoms with van der Waals surface area (Å²) in [6.07, 6.45) is 0.762. The molecule has 154 valence electrons. The van der Waals surface area contributed by atoms with Crippen LogP contribution in [0.5, 0.6) is 5.75 Å². The third-order valence-corrected chi connectivity index (χ3v) is 7.52. The smallest absolute Gasteiger partial charge is 0.150 e. The number of nitrogens with zero attached hydrogens (tertiary/aromatic N) is 2. The van der Waals surface area contributed by atoms with Crippen molar-refractivity contribution in [2.24, 2.45) is 0 Å². The lowest BCUT2D eigenvalue weighted by molar-refractivity contribution is 0.0871. The van der Waals surface area contributed by atoms with Crippen molar-refractivity contribution in [3.8, 4) is 16.3 Å². The lowest BCUT2D eigenvalue weighted by Crippen LogP contribution is -2.43. The van der Waals surface area contributed by atoms with E-state index in [9.17, 15) is 13.5 Å². The number of ether oxygens (including phenoxy) is 1. The molecule has 1 fully saturated rings. The van der Waals surface area contributed by atoms with Gasteiger partial charge in [-0.05, 0) is 51.0 Å². The van der Waals surface area contributed by atoms with Crippen molar-refractivity contribution in [1.29, 1.82) is 0 Å². The first-order valence-corrected chi connectivity index (χ1v) is 12.4. The highest BCUT2D eigenvalue weighted by Gasteiger charge is 2.29. The van der Waals surface area contributed by atoms with Crippen LogP contribution in [-0.2, 0) is 16.4 Å². The van der Waals surface area contributed by atoms with Crippen LogP contribution in [0, 0.1) is 0 Å². The van der Waals surface area contributed by atoms with Crippen molar-refractivity contribution < 1.29 is 18.3 Å². The van der Waals surface area contributed by atoms with E-state index >= 15 is 0 Å². The zero-order valence-corrected chi connectivity index (χ0v) is 18.0. The van der Waals surface area contributed by atoms with Gasteiger partial charge in [-0.2, -0.15) is 0 Å². The van der Waals surface area contributed by atoms with Gasteiger partial charge in [0.05, 0.1) is 29.9 Å². The van der Waals surface area contributed by atoms with Crippen molar-refractivity contribution in [2.45, 2.75) is 45.4 Å². The van der Waals surface area contributed by atoms with Gasteiger partial charge in [0, 0.05) is 30.1 Å². The molecule has 3 rings (SSSR count). The van der Waals surface area contributed by atoms with Gasteiger partial charge in [-0.15, -0.1) is 11.3 Å². The van der Waals surface area contributed by atoms with E-state index in [1.807, 2.05) is 36.6 Å². The summed E-state index contributed by atoms with van der Waals surface area (Å²) in [7, 11) is -2.90. The van der Waals surface area contributed by atoms with Gasteiger partial charge in [-0.3, -0.25) is 4.90 Å². The molecule has 1 atom stereocenters. The molecule has 2 aromatic rings. The van der Waals surface area contributed by atoms with Crippen molar-refractivity contribution >= 4 is 21.2 Å². The van der Waals surface area contributed by atoms with Crippen LogP contribution >= 0.6 is 11.3 Å². The van der Waals surface area contributed by atoms with Gasteiger partial charge in [-0.1, -0.05) is 0 Å². The van der Waals surface area contributed by atoms with Crippen LogP contribution in [0.4, 0.5) is 0 Å². The summed E-state index contributed by atoms with van der Waals surface area (Å²) in [5.74, 6) is 1.30. The molecular formula is C20H28N2O4S2. The van der Waals surface area contributed by atoms with E-state index in [4.69, 9.17) is 9.72 Å². The Morgan fingerprint density at radius 3 is 2.57 bits per heavy atom. The zero-order chi connectivity index (χ0) is 20.1. The van der Waals surface area contributed by atoms with Gasteiger partial charge in [0.25, 0.3) is 0 Å². The maximum atomic E-state index is 11.7. The molecule has 0 saturated carbocycles. The predicted molar refractivity (Wildman–Crippen MR) is 112 cm³/mol. The molecule has 28 heavy (non-hydrogen) atoms. The molecule has 1 N–H and O–H groups in total. The normalized spacial score (nSPS) is 18.3. The van der Waals surface area contributed by atoms with E-state index in [2.05, 4.69) is 4.90 Å². The average molecular weight is 425 g/mol.